The fraction of sp³-hybridized carbons (Fsp3) is 0.364. The van der Waals surface area contributed by atoms with E-state index in [-0.39, 0.29) is 25.3 Å². The third-order valence-corrected chi connectivity index (χ3v) is 5.60. The quantitative estimate of drug-likeness (QED) is 0.804. The van der Waals surface area contributed by atoms with Crippen molar-refractivity contribution in [2.45, 2.75) is 26.3 Å². The summed E-state index contributed by atoms with van der Waals surface area (Å²) in [6, 6.07) is 9.44. The molecule has 0 aliphatic carbocycles. The Balaban J connectivity index is 1.73. The molecule has 1 unspecified atom stereocenters. The molecule has 2 heterocycles. The lowest BCUT2D eigenvalue weighted by atomic mass is 9.95. The Bertz CT molecular complexity index is 985. The molecule has 1 atom stereocenters. The van der Waals surface area contributed by atoms with E-state index in [0.29, 0.717) is 30.0 Å². The van der Waals surface area contributed by atoms with Crippen molar-refractivity contribution in [2.75, 3.05) is 27.1 Å². The molecule has 2 aromatic carbocycles. The first-order valence-corrected chi connectivity index (χ1v) is 9.55. The standard InChI is InChI=1S/C22H24N2O5/c1-13-5-4-6-17(14(13)2)18-7-8-19(21-20(18)28-12-29-21)22(26)24-10-15(23-27-3)9-16(24)11-25/h4-8,16,25H,9-12H2,1-3H3. The van der Waals surface area contributed by atoms with Crippen LogP contribution >= 0.6 is 0 Å². The minimum Gasteiger partial charge on any atom is -0.453 e. The predicted molar refractivity (Wildman–Crippen MR) is 108 cm³/mol. The number of fused-ring (bicyclic) bond motifs is 1. The first-order chi connectivity index (χ1) is 14.0. The summed E-state index contributed by atoms with van der Waals surface area (Å²) in [6.07, 6.45) is 0.482. The Labute approximate surface area is 169 Å². The van der Waals surface area contributed by atoms with Crippen molar-refractivity contribution in [3.8, 4) is 22.6 Å². The van der Waals surface area contributed by atoms with Crippen molar-refractivity contribution < 1.29 is 24.2 Å². The number of rotatable bonds is 4. The van der Waals surface area contributed by atoms with Crippen molar-refractivity contribution >= 4 is 11.6 Å². The lowest BCUT2D eigenvalue weighted by molar-refractivity contribution is 0.0675. The summed E-state index contributed by atoms with van der Waals surface area (Å²) in [4.78, 5) is 19.7. The van der Waals surface area contributed by atoms with Crippen LogP contribution in [0.1, 0.15) is 27.9 Å². The van der Waals surface area contributed by atoms with Crippen LogP contribution in [0.2, 0.25) is 0 Å². The number of aryl methyl sites for hydroxylation is 1. The summed E-state index contributed by atoms with van der Waals surface area (Å²) in [5, 5.41) is 13.7. The van der Waals surface area contributed by atoms with Gasteiger partial charge in [0.05, 0.1) is 30.5 Å². The predicted octanol–water partition coefficient (Wildman–Crippen LogP) is 2.91. The van der Waals surface area contributed by atoms with Crippen molar-refractivity contribution in [1.29, 1.82) is 0 Å². The van der Waals surface area contributed by atoms with Gasteiger partial charge in [-0.25, -0.2) is 0 Å². The molecule has 29 heavy (non-hydrogen) atoms. The van der Waals surface area contributed by atoms with E-state index in [1.54, 1.807) is 11.0 Å². The van der Waals surface area contributed by atoms with Gasteiger partial charge in [-0.05, 0) is 42.7 Å². The molecular formula is C22H24N2O5. The molecule has 1 amide bonds. The van der Waals surface area contributed by atoms with Crippen molar-refractivity contribution in [3.63, 3.8) is 0 Å². The van der Waals surface area contributed by atoms with Gasteiger partial charge in [0.2, 0.25) is 6.79 Å². The molecule has 1 saturated heterocycles. The fourth-order valence-electron chi connectivity index (χ4n) is 3.94. The number of ether oxygens (including phenoxy) is 2. The highest BCUT2D eigenvalue weighted by Gasteiger charge is 2.36. The van der Waals surface area contributed by atoms with Gasteiger partial charge in [0, 0.05) is 12.0 Å². The van der Waals surface area contributed by atoms with Gasteiger partial charge in [0.15, 0.2) is 11.5 Å². The molecule has 7 nitrogen and oxygen atoms in total. The van der Waals surface area contributed by atoms with Crippen LogP contribution in [0.5, 0.6) is 11.5 Å². The van der Waals surface area contributed by atoms with Crippen LogP contribution in [0.3, 0.4) is 0 Å². The average molecular weight is 396 g/mol. The maximum atomic E-state index is 13.3. The first kappa shape index (κ1) is 19.3. The summed E-state index contributed by atoms with van der Waals surface area (Å²) in [5.41, 5.74) is 5.43. The smallest absolute Gasteiger partial charge is 0.258 e. The van der Waals surface area contributed by atoms with E-state index < -0.39 is 0 Å². The maximum absolute atomic E-state index is 13.3. The SMILES string of the molecule is CON=C1CC(CO)N(C(=O)c2ccc(-c3cccc(C)c3C)c3c2OCO3)C1. The van der Waals surface area contributed by atoms with E-state index in [4.69, 9.17) is 14.3 Å². The van der Waals surface area contributed by atoms with Crippen LogP contribution in [-0.4, -0.2) is 54.7 Å². The molecule has 1 N–H and O–H groups in total. The summed E-state index contributed by atoms with van der Waals surface area (Å²) in [7, 11) is 1.47. The van der Waals surface area contributed by atoms with E-state index in [0.717, 1.165) is 22.4 Å². The molecule has 1 fully saturated rings. The first-order valence-electron chi connectivity index (χ1n) is 9.55. The maximum Gasteiger partial charge on any atom is 0.258 e. The van der Waals surface area contributed by atoms with Gasteiger partial charge in [0.1, 0.15) is 7.11 Å². The summed E-state index contributed by atoms with van der Waals surface area (Å²) in [5.74, 6) is 0.803. The molecule has 0 aromatic heterocycles. The van der Waals surface area contributed by atoms with Gasteiger partial charge in [-0.3, -0.25) is 4.79 Å². The van der Waals surface area contributed by atoms with E-state index in [9.17, 15) is 9.90 Å². The van der Waals surface area contributed by atoms with Gasteiger partial charge < -0.3 is 24.3 Å². The Morgan fingerprint density at radius 1 is 1.21 bits per heavy atom. The zero-order valence-electron chi connectivity index (χ0n) is 16.8. The highest BCUT2D eigenvalue weighted by Crippen LogP contribution is 2.45. The van der Waals surface area contributed by atoms with Crippen LogP contribution in [0.15, 0.2) is 35.5 Å². The minimum absolute atomic E-state index is 0.0668. The minimum atomic E-state index is -0.340. The van der Waals surface area contributed by atoms with Crippen molar-refractivity contribution in [2.24, 2.45) is 5.16 Å². The second-order valence-electron chi connectivity index (χ2n) is 7.29. The number of nitrogens with zero attached hydrogens (tertiary/aromatic N) is 2. The number of hydrogen-bond acceptors (Lipinski definition) is 6. The Hall–Kier alpha value is -3.06. The van der Waals surface area contributed by atoms with Gasteiger partial charge in [-0.1, -0.05) is 23.4 Å². The zero-order chi connectivity index (χ0) is 20.5. The van der Waals surface area contributed by atoms with Crippen LogP contribution in [0, 0.1) is 13.8 Å². The number of aliphatic hydroxyl groups is 1. The lowest BCUT2D eigenvalue weighted by Crippen LogP contribution is -2.38. The molecule has 0 radical (unpaired) electrons. The molecule has 2 aromatic rings. The Morgan fingerprint density at radius 3 is 2.76 bits per heavy atom. The average Bonchev–Trinajstić information content (AvgIpc) is 3.36. The summed E-state index contributed by atoms with van der Waals surface area (Å²) < 4.78 is 11.5. The number of carbonyl (C=O) groups excluding carboxylic acids is 1. The number of oxime groups is 1. The van der Waals surface area contributed by atoms with Gasteiger partial charge >= 0.3 is 0 Å². The highest BCUT2D eigenvalue weighted by atomic mass is 16.7. The Kier molecular flexibility index (Phi) is 5.15. The van der Waals surface area contributed by atoms with Gasteiger partial charge in [0.25, 0.3) is 5.91 Å². The van der Waals surface area contributed by atoms with Crippen molar-refractivity contribution in [3.05, 3.63) is 47.0 Å². The fourth-order valence-corrected chi connectivity index (χ4v) is 3.94. The number of amides is 1. The number of aliphatic hydroxyl groups excluding tert-OH is 1. The molecule has 4 rings (SSSR count). The molecule has 152 valence electrons. The van der Waals surface area contributed by atoms with E-state index in [2.05, 4.69) is 25.1 Å². The van der Waals surface area contributed by atoms with E-state index >= 15 is 0 Å². The molecule has 0 spiro atoms. The second-order valence-corrected chi connectivity index (χ2v) is 7.29. The third-order valence-electron chi connectivity index (χ3n) is 5.60. The van der Waals surface area contributed by atoms with E-state index in [1.165, 1.54) is 12.7 Å². The van der Waals surface area contributed by atoms with Crippen molar-refractivity contribution in [1.82, 2.24) is 4.90 Å². The largest absolute Gasteiger partial charge is 0.453 e. The third kappa shape index (κ3) is 3.31. The van der Waals surface area contributed by atoms with Crippen LogP contribution in [-0.2, 0) is 4.84 Å². The summed E-state index contributed by atoms with van der Waals surface area (Å²) in [6.45, 7) is 4.37. The normalized spacial score (nSPS) is 19.1. The number of hydrogen-bond donors (Lipinski definition) is 1. The Morgan fingerprint density at radius 2 is 2.00 bits per heavy atom. The number of benzene rings is 2. The number of likely N-dealkylation sites (tertiary alicyclic amines) is 1. The van der Waals surface area contributed by atoms with Crippen LogP contribution in [0.25, 0.3) is 11.1 Å². The zero-order valence-corrected chi connectivity index (χ0v) is 16.8. The molecular weight excluding hydrogens is 372 g/mol. The molecule has 0 bridgehead atoms. The lowest BCUT2D eigenvalue weighted by Gasteiger charge is -2.23. The summed E-state index contributed by atoms with van der Waals surface area (Å²) >= 11 is 0. The van der Waals surface area contributed by atoms with Gasteiger partial charge in [-0.2, -0.15) is 0 Å². The number of carbonyl (C=O) groups is 1. The van der Waals surface area contributed by atoms with Gasteiger partial charge in [-0.15, -0.1) is 0 Å². The van der Waals surface area contributed by atoms with Crippen LogP contribution in [0.4, 0.5) is 0 Å². The van der Waals surface area contributed by atoms with Crippen LogP contribution < -0.4 is 9.47 Å². The monoisotopic (exact) mass is 396 g/mol. The molecule has 0 saturated carbocycles. The topological polar surface area (TPSA) is 80.6 Å². The molecule has 2 aliphatic rings. The molecule has 2 aliphatic heterocycles. The second kappa shape index (κ2) is 7.75. The van der Waals surface area contributed by atoms with E-state index in [1.807, 2.05) is 18.2 Å². The molecule has 7 heteroatoms. The highest BCUT2D eigenvalue weighted by molar-refractivity contribution is 6.03.